The molecule has 4 nitrogen and oxygen atoms in total. The van der Waals surface area contributed by atoms with Crippen LogP contribution in [0.2, 0.25) is 0 Å². The summed E-state index contributed by atoms with van der Waals surface area (Å²) < 4.78 is 14.3. The number of β-amino-alcohol motifs (C(OH)–C–C–N with tert-alkyl or cyclic N) is 1. The number of hydrogen-bond acceptors (Lipinski definition) is 4. The van der Waals surface area contributed by atoms with E-state index in [0.717, 1.165) is 6.54 Å². The van der Waals surface area contributed by atoms with Gasteiger partial charge >= 0.3 is 0 Å². The molecule has 1 aliphatic heterocycles. The number of carbonyl (C=O) groups excluding carboxylic acids is 1. The summed E-state index contributed by atoms with van der Waals surface area (Å²) in [5, 5.41) is 15.5. The number of thioether (sulfide) groups is 1. The number of aliphatic hydroxyl groups excluding tert-OH is 1. The van der Waals surface area contributed by atoms with E-state index in [1.165, 1.54) is 17.8 Å². The van der Waals surface area contributed by atoms with Gasteiger partial charge in [-0.05, 0) is 17.7 Å². The number of rotatable bonds is 6. The largest absolute Gasteiger partial charge is 0.391 e. The fraction of sp³-hybridized carbons (Fsp3) is 0.500. The van der Waals surface area contributed by atoms with Gasteiger partial charge in [0.15, 0.2) is 0 Å². The molecule has 2 atom stereocenters. The fourth-order valence-corrected chi connectivity index (χ4v) is 3.29. The highest BCUT2D eigenvalue weighted by molar-refractivity contribution is 9.10. The third kappa shape index (κ3) is 6.04. The number of benzene rings is 1. The first-order chi connectivity index (χ1) is 10.1. The van der Waals surface area contributed by atoms with Crippen molar-refractivity contribution in [2.45, 2.75) is 11.9 Å². The lowest BCUT2D eigenvalue weighted by molar-refractivity contribution is -0.118. The third-order valence-electron chi connectivity index (χ3n) is 3.37. The predicted octanol–water partition coefficient (Wildman–Crippen LogP) is 1.94. The van der Waals surface area contributed by atoms with Gasteiger partial charge in [0.25, 0.3) is 0 Å². The summed E-state index contributed by atoms with van der Waals surface area (Å²) in [6, 6.07) is 4.92. The zero-order chi connectivity index (χ0) is 15.2. The average Bonchev–Trinajstić information content (AvgIpc) is 2.84. The molecule has 1 heterocycles. The Labute approximate surface area is 148 Å². The highest BCUT2D eigenvalue weighted by atomic mass is 79.9. The molecule has 2 rings (SSSR count). The second-order valence-electron chi connectivity index (χ2n) is 5.02. The monoisotopic (exact) mass is 412 g/mol. The Morgan fingerprint density at radius 1 is 1.50 bits per heavy atom. The first-order valence-corrected chi connectivity index (χ1v) is 8.68. The van der Waals surface area contributed by atoms with Crippen molar-refractivity contribution in [1.29, 1.82) is 0 Å². The van der Waals surface area contributed by atoms with Crippen molar-refractivity contribution in [1.82, 2.24) is 10.6 Å². The van der Waals surface area contributed by atoms with Gasteiger partial charge < -0.3 is 15.7 Å². The quantitative estimate of drug-likeness (QED) is 0.667. The molecular formula is C14H19BrClFN2O2S. The summed E-state index contributed by atoms with van der Waals surface area (Å²) in [4.78, 5) is 11.7. The number of hydrogen-bond donors (Lipinski definition) is 3. The molecule has 0 spiro atoms. The van der Waals surface area contributed by atoms with Crippen LogP contribution >= 0.6 is 40.1 Å². The molecule has 3 N–H and O–H groups in total. The van der Waals surface area contributed by atoms with E-state index in [4.69, 9.17) is 0 Å². The lowest BCUT2D eigenvalue weighted by atomic mass is 10.1. The molecular weight excluding hydrogens is 395 g/mol. The second kappa shape index (κ2) is 9.72. The van der Waals surface area contributed by atoms with Crippen LogP contribution in [0.1, 0.15) is 5.56 Å². The molecule has 1 amide bonds. The summed E-state index contributed by atoms with van der Waals surface area (Å²) >= 11 is 4.58. The van der Waals surface area contributed by atoms with Crippen molar-refractivity contribution in [3.8, 4) is 0 Å². The summed E-state index contributed by atoms with van der Waals surface area (Å²) in [5.41, 5.74) is 0.589. The Balaban J connectivity index is 0.00000242. The highest BCUT2D eigenvalue weighted by Crippen LogP contribution is 2.19. The molecule has 22 heavy (non-hydrogen) atoms. The van der Waals surface area contributed by atoms with E-state index in [1.807, 2.05) is 0 Å². The lowest BCUT2D eigenvalue weighted by Crippen LogP contribution is -2.35. The van der Waals surface area contributed by atoms with Crippen molar-refractivity contribution in [3.63, 3.8) is 0 Å². The summed E-state index contributed by atoms with van der Waals surface area (Å²) in [6.45, 7) is 1.77. The van der Waals surface area contributed by atoms with E-state index in [9.17, 15) is 14.3 Å². The van der Waals surface area contributed by atoms with Crippen molar-refractivity contribution in [3.05, 3.63) is 34.1 Å². The van der Waals surface area contributed by atoms with E-state index in [-0.39, 0.29) is 35.8 Å². The summed E-state index contributed by atoms with van der Waals surface area (Å²) in [6.07, 6.45) is -0.394. The molecule has 1 aromatic rings. The minimum Gasteiger partial charge on any atom is -0.391 e. The van der Waals surface area contributed by atoms with E-state index in [2.05, 4.69) is 26.6 Å². The minimum atomic E-state index is -0.394. The molecule has 2 unspecified atom stereocenters. The van der Waals surface area contributed by atoms with Crippen molar-refractivity contribution >= 4 is 46.0 Å². The van der Waals surface area contributed by atoms with Crippen LogP contribution in [0.15, 0.2) is 22.7 Å². The van der Waals surface area contributed by atoms with Gasteiger partial charge in [-0.15, -0.1) is 24.2 Å². The van der Waals surface area contributed by atoms with Crippen LogP contribution < -0.4 is 10.6 Å². The van der Waals surface area contributed by atoms with E-state index in [1.54, 1.807) is 12.1 Å². The van der Waals surface area contributed by atoms with Crippen LogP contribution in [0.25, 0.3) is 0 Å². The zero-order valence-electron chi connectivity index (χ0n) is 11.9. The maximum absolute atomic E-state index is 13.6. The van der Waals surface area contributed by atoms with Gasteiger partial charge in [0.1, 0.15) is 5.82 Å². The van der Waals surface area contributed by atoms with Crippen LogP contribution in [0, 0.1) is 11.7 Å². The maximum atomic E-state index is 13.6. The molecule has 1 fully saturated rings. The highest BCUT2D eigenvalue weighted by Gasteiger charge is 2.24. The molecule has 8 heteroatoms. The summed E-state index contributed by atoms with van der Waals surface area (Å²) in [5.74, 6) is 0.461. The zero-order valence-corrected chi connectivity index (χ0v) is 15.1. The van der Waals surface area contributed by atoms with Crippen LogP contribution in [-0.4, -0.2) is 42.5 Å². The Hall–Kier alpha value is -0.340. The lowest BCUT2D eigenvalue weighted by Gasteiger charge is -2.14. The average molecular weight is 414 g/mol. The van der Waals surface area contributed by atoms with Crippen LogP contribution in [0.4, 0.5) is 4.39 Å². The Morgan fingerprint density at radius 2 is 2.27 bits per heavy atom. The van der Waals surface area contributed by atoms with Crippen molar-refractivity contribution < 1.29 is 14.3 Å². The molecule has 0 aliphatic carbocycles. The Kier molecular flexibility index (Phi) is 8.71. The molecule has 0 bridgehead atoms. The number of halogens is 3. The Morgan fingerprint density at radius 3 is 2.91 bits per heavy atom. The van der Waals surface area contributed by atoms with Crippen molar-refractivity contribution in [2.75, 3.05) is 25.4 Å². The number of amides is 1. The fourth-order valence-electron chi connectivity index (χ4n) is 2.12. The van der Waals surface area contributed by atoms with Gasteiger partial charge in [-0.3, -0.25) is 4.79 Å². The van der Waals surface area contributed by atoms with Crippen LogP contribution in [0.3, 0.4) is 0 Å². The SMILES string of the molecule is Cl.O=C(CSCc1ccc(Br)cc1F)NCC1CNCC1O. The van der Waals surface area contributed by atoms with E-state index < -0.39 is 6.10 Å². The first kappa shape index (κ1) is 19.7. The van der Waals surface area contributed by atoms with Crippen molar-refractivity contribution in [2.24, 2.45) is 5.92 Å². The van der Waals surface area contributed by atoms with Gasteiger partial charge in [0.05, 0.1) is 11.9 Å². The number of carbonyl (C=O) groups is 1. The minimum absolute atomic E-state index is 0. The number of aliphatic hydroxyl groups is 1. The maximum Gasteiger partial charge on any atom is 0.230 e. The van der Waals surface area contributed by atoms with Gasteiger partial charge in [-0.2, -0.15) is 0 Å². The Bertz CT molecular complexity index is 510. The molecule has 0 saturated carbocycles. The predicted molar refractivity (Wildman–Crippen MR) is 92.9 cm³/mol. The van der Waals surface area contributed by atoms with E-state index in [0.29, 0.717) is 28.9 Å². The smallest absolute Gasteiger partial charge is 0.230 e. The standard InChI is InChI=1S/C14H18BrFN2O2S.ClH/c15-11-2-1-9(12(16)3-11)7-21-8-14(20)18-5-10-4-17-6-13(10)19;/h1-3,10,13,17,19H,4-8H2,(H,18,20);1H. The molecule has 1 aliphatic rings. The third-order valence-corrected chi connectivity index (χ3v) is 4.85. The number of nitrogens with one attached hydrogen (secondary N) is 2. The molecule has 0 aromatic heterocycles. The molecule has 1 saturated heterocycles. The second-order valence-corrected chi connectivity index (χ2v) is 6.92. The summed E-state index contributed by atoms with van der Waals surface area (Å²) in [7, 11) is 0. The normalized spacial score (nSPS) is 20.5. The van der Waals surface area contributed by atoms with Gasteiger partial charge in [-0.25, -0.2) is 4.39 Å². The molecule has 0 radical (unpaired) electrons. The molecule has 124 valence electrons. The van der Waals surface area contributed by atoms with Gasteiger partial charge in [-0.1, -0.05) is 22.0 Å². The topological polar surface area (TPSA) is 61.4 Å². The van der Waals surface area contributed by atoms with Gasteiger partial charge in [0, 0.05) is 35.8 Å². The van der Waals surface area contributed by atoms with E-state index >= 15 is 0 Å². The molecule has 1 aromatic carbocycles. The van der Waals surface area contributed by atoms with Crippen LogP contribution in [-0.2, 0) is 10.5 Å². The first-order valence-electron chi connectivity index (χ1n) is 6.73. The van der Waals surface area contributed by atoms with Crippen LogP contribution in [0.5, 0.6) is 0 Å². The van der Waals surface area contributed by atoms with Gasteiger partial charge in [0.2, 0.25) is 5.91 Å².